The first-order chi connectivity index (χ1) is 15.2. The first kappa shape index (κ1) is 22.5. The Morgan fingerprint density at radius 1 is 1.06 bits per heavy atom. The van der Waals surface area contributed by atoms with E-state index in [0.717, 1.165) is 18.2 Å². The average molecular weight is 442 g/mol. The Morgan fingerprint density at radius 3 is 2.22 bits per heavy atom. The predicted octanol–water partition coefficient (Wildman–Crippen LogP) is 5.03. The van der Waals surface area contributed by atoms with E-state index < -0.39 is 40.6 Å². The maximum Gasteiger partial charge on any atom is 0.416 e. The lowest BCUT2D eigenvalue weighted by molar-refractivity contribution is -0.138. The Labute approximate surface area is 181 Å². The third-order valence-electron chi connectivity index (χ3n) is 4.75. The quantitative estimate of drug-likeness (QED) is 0.514. The van der Waals surface area contributed by atoms with Crippen molar-refractivity contribution >= 4 is 11.6 Å². The fourth-order valence-corrected chi connectivity index (χ4v) is 3.21. The number of alkyl halides is 3. The SMILES string of the molecule is COc1ccc(C(C#N)c2ccc(NC(=O)c3c(O)cccc3O)cc2C(F)(F)F)cc1. The van der Waals surface area contributed by atoms with E-state index in [4.69, 9.17) is 4.74 Å². The molecule has 1 unspecified atom stereocenters. The topological polar surface area (TPSA) is 103 Å². The summed E-state index contributed by atoms with van der Waals surface area (Å²) in [5.41, 5.74) is -1.74. The molecule has 3 N–H and O–H groups in total. The minimum atomic E-state index is -4.81. The molecule has 3 aromatic carbocycles. The molecule has 0 aromatic heterocycles. The number of amides is 1. The molecule has 0 saturated carbocycles. The fourth-order valence-electron chi connectivity index (χ4n) is 3.21. The number of methoxy groups -OCH3 is 1. The number of phenolic OH excluding ortho intramolecular Hbond substituents is 2. The summed E-state index contributed by atoms with van der Waals surface area (Å²) in [6, 6.07) is 14.6. The monoisotopic (exact) mass is 442 g/mol. The highest BCUT2D eigenvalue weighted by atomic mass is 19.4. The van der Waals surface area contributed by atoms with Crippen molar-refractivity contribution in [2.45, 2.75) is 12.1 Å². The zero-order chi connectivity index (χ0) is 23.5. The number of carbonyl (C=O) groups is 1. The maximum absolute atomic E-state index is 13.8. The normalized spacial score (nSPS) is 12.0. The number of hydrogen-bond acceptors (Lipinski definition) is 5. The number of hydrogen-bond donors (Lipinski definition) is 3. The number of rotatable bonds is 5. The van der Waals surface area contributed by atoms with Crippen molar-refractivity contribution in [3.05, 3.63) is 82.9 Å². The van der Waals surface area contributed by atoms with Gasteiger partial charge in [0.2, 0.25) is 0 Å². The van der Waals surface area contributed by atoms with Crippen LogP contribution in [0.3, 0.4) is 0 Å². The Morgan fingerprint density at radius 2 is 1.69 bits per heavy atom. The van der Waals surface area contributed by atoms with E-state index in [9.17, 15) is 33.4 Å². The second-order valence-corrected chi connectivity index (χ2v) is 6.76. The van der Waals surface area contributed by atoms with Gasteiger partial charge in [-0.05, 0) is 47.5 Å². The van der Waals surface area contributed by atoms with Crippen LogP contribution in [0.2, 0.25) is 0 Å². The molecular weight excluding hydrogens is 425 g/mol. The molecule has 0 aliphatic rings. The van der Waals surface area contributed by atoms with Crippen molar-refractivity contribution in [3.63, 3.8) is 0 Å². The summed E-state index contributed by atoms with van der Waals surface area (Å²) >= 11 is 0. The summed E-state index contributed by atoms with van der Waals surface area (Å²) in [4.78, 5) is 12.4. The highest BCUT2D eigenvalue weighted by Gasteiger charge is 2.36. The Hall–Kier alpha value is -4.19. The van der Waals surface area contributed by atoms with Crippen LogP contribution < -0.4 is 10.1 Å². The van der Waals surface area contributed by atoms with E-state index in [1.54, 1.807) is 12.1 Å². The lowest BCUT2D eigenvalue weighted by Crippen LogP contribution is -2.16. The van der Waals surface area contributed by atoms with Crippen LogP contribution in [0.15, 0.2) is 60.7 Å². The molecule has 6 nitrogen and oxygen atoms in total. The van der Waals surface area contributed by atoms with Crippen molar-refractivity contribution in [2.24, 2.45) is 0 Å². The predicted molar refractivity (Wildman–Crippen MR) is 110 cm³/mol. The number of ether oxygens (including phenoxy) is 1. The molecule has 0 heterocycles. The maximum atomic E-state index is 13.8. The minimum Gasteiger partial charge on any atom is -0.507 e. The highest BCUT2D eigenvalue weighted by Crippen LogP contribution is 2.39. The van der Waals surface area contributed by atoms with Crippen molar-refractivity contribution in [3.8, 4) is 23.3 Å². The summed E-state index contributed by atoms with van der Waals surface area (Å²) in [5.74, 6) is -2.77. The fraction of sp³-hybridized carbons (Fsp3) is 0.130. The average Bonchev–Trinajstić information content (AvgIpc) is 2.74. The number of phenols is 2. The molecule has 0 aliphatic carbocycles. The van der Waals surface area contributed by atoms with Crippen molar-refractivity contribution in [1.29, 1.82) is 5.26 Å². The van der Waals surface area contributed by atoms with Crippen LogP contribution in [0.25, 0.3) is 0 Å². The lowest BCUT2D eigenvalue weighted by Gasteiger charge is -2.19. The van der Waals surface area contributed by atoms with Crippen LogP contribution in [-0.4, -0.2) is 23.2 Å². The molecule has 1 amide bonds. The van der Waals surface area contributed by atoms with Gasteiger partial charge in [-0.2, -0.15) is 18.4 Å². The van der Waals surface area contributed by atoms with E-state index in [1.165, 1.54) is 31.4 Å². The van der Waals surface area contributed by atoms with Crippen LogP contribution in [0, 0.1) is 11.3 Å². The number of nitrogens with one attached hydrogen (secondary N) is 1. The summed E-state index contributed by atoms with van der Waals surface area (Å²) in [5, 5.41) is 31.4. The molecule has 3 rings (SSSR count). The molecule has 0 aliphatic heterocycles. The molecule has 1 atom stereocenters. The molecule has 0 saturated heterocycles. The molecule has 0 fully saturated rings. The number of carbonyl (C=O) groups excluding carboxylic acids is 1. The third kappa shape index (κ3) is 4.59. The van der Waals surface area contributed by atoms with Gasteiger partial charge in [0.05, 0.1) is 24.7 Å². The van der Waals surface area contributed by atoms with Gasteiger partial charge in [0, 0.05) is 5.69 Å². The highest BCUT2D eigenvalue weighted by molar-refractivity contribution is 6.08. The zero-order valence-electron chi connectivity index (χ0n) is 16.6. The zero-order valence-corrected chi connectivity index (χ0v) is 16.6. The molecule has 0 radical (unpaired) electrons. The van der Waals surface area contributed by atoms with Gasteiger partial charge in [-0.15, -0.1) is 0 Å². The molecular formula is C23H17F3N2O4. The van der Waals surface area contributed by atoms with Gasteiger partial charge in [0.15, 0.2) is 0 Å². The van der Waals surface area contributed by atoms with Crippen molar-refractivity contribution < 1.29 is 32.9 Å². The van der Waals surface area contributed by atoms with Crippen LogP contribution in [0.5, 0.6) is 17.2 Å². The van der Waals surface area contributed by atoms with Crippen LogP contribution in [-0.2, 0) is 6.18 Å². The molecule has 164 valence electrons. The first-order valence-electron chi connectivity index (χ1n) is 9.22. The van der Waals surface area contributed by atoms with Gasteiger partial charge in [-0.3, -0.25) is 4.79 Å². The second kappa shape index (κ2) is 8.89. The van der Waals surface area contributed by atoms with Crippen LogP contribution >= 0.6 is 0 Å². The summed E-state index contributed by atoms with van der Waals surface area (Å²) in [7, 11) is 1.44. The Balaban J connectivity index is 2.00. The number of nitrogens with zero attached hydrogens (tertiary/aromatic N) is 1. The largest absolute Gasteiger partial charge is 0.507 e. The molecule has 3 aromatic rings. The second-order valence-electron chi connectivity index (χ2n) is 6.76. The lowest BCUT2D eigenvalue weighted by atomic mass is 9.88. The number of anilines is 1. The van der Waals surface area contributed by atoms with E-state index in [2.05, 4.69) is 5.32 Å². The van der Waals surface area contributed by atoms with Crippen LogP contribution in [0.1, 0.15) is 33.0 Å². The van der Waals surface area contributed by atoms with Gasteiger partial charge in [0.1, 0.15) is 22.8 Å². The van der Waals surface area contributed by atoms with Crippen molar-refractivity contribution in [2.75, 3.05) is 12.4 Å². The van der Waals surface area contributed by atoms with Crippen molar-refractivity contribution in [1.82, 2.24) is 0 Å². The van der Waals surface area contributed by atoms with Gasteiger partial charge < -0.3 is 20.3 Å². The molecule has 32 heavy (non-hydrogen) atoms. The van der Waals surface area contributed by atoms with E-state index >= 15 is 0 Å². The molecule has 0 bridgehead atoms. The molecule has 9 heteroatoms. The summed E-state index contributed by atoms with van der Waals surface area (Å²) < 4.78 is 46.5. The first-order valence-corrected chi connectivity index (χ1v) is 9.22. The number of halogens is 3. The Bertz CT molecular complexity index is 1170. The smallest absolute Gasteiger partial charge is 0.416 e. The number of nitriles is 1. The van der Waals surface area contributed by atoms with Gasteiger partial charge in [0.25, 0.3) is 5.91 Å². The number of benzene rings is 3. The minimum absolute atomic E-state index is 0.222. The van der Waals surface area contributed by atoms with Gasteiger partial charge >= 0.3 is 6.18 Å². The number of aromatic hydroxyl groups is 2. The summed E-state index contributed by atoms with van der Waals surface area (Å²) in [6.07, 6.45) is -4.81. The van der Waals surface area contributed by atoms with Gasteiger partial charge in [-0.1, -0.05) is 24.3 Å². The van der Waals surface area contributed by atoms with E-state index in [1.807, 2.05) is 6.07 Å². The summed E-state index contributed by atoms with van der Waals surface area (Å²) in [6.45, 7) is 0. The van der Waals surface area contributed by atoms with Gasteiger partial charge in [-0.25, -0.2) is 0 Å². The third-order valence-corrected chi connectivity index (χ3v) is 4.75. The van der Waals surface area contributed by atoms with E-state index in [0.29, 0.717) is 17.4 Å². The Kier molecular flexibility index (Phi) is 6.25. The molecule has 0 spiro atoms. The van der Waals surface area contributed by atoms with E-state index in [-0.39, 0.29) is 11.3 Å². The van der Waals surface area contributed by atoms with Crippen LogP contribution in [0.4, 0.5) is 18.9 Å². The standard InChI is InChI=1S/C23H17F3N2O4/c1-32-15-8-5-13(6-9-15)17(12-27)16-10-7-14(11-18(16)23(24,25)26)28-22(31)21-19(29)3-2-4-20(21)30/h2-11,17,29-30H,1H3,(H,28,31).